The second-order valence-electron chi connectivity index (χ2n) is 6.10. The number of carbonyl (C=O) groups is 1. The molecular formula is C14H27N3O. The van der Waals surface area contributed by atoms with Gasteiger partial charge in [0.05, 0.1) is 6.54 Å². The van der Waals surface area contributed by atoms with Crippen LogP contribution in [-0.2, 0) is 4.79 Å². The van der Waals surface area contributed by atoms with Crippen molar-refractivity contribution in [3.05, 3.63) is 0 Å². The van der Waals surface area contributed by atoms with Crippen molar-refractivity contribution in [2.75, 3.05) is 32.7 Å². The Balaban J connectivity index is 1.73. The van der Waals surface area contributed by atoms with E-state index in [1.165, 1.54) is 12.8 Å². The van der Waals surface area contributed by atoms with Crippen LogP contribution < -0.4 is 10.6 Å². The molecule has 3 atom stereocenters. The third kappa shape index (κ3) is 3.95. The van der Waals surface area contributed by atoms with E-state index in [0.717, 1.165) is 38.5 Å². The number of piperazine rings is 1. The number of nitrogens with zero attached hydrogens (tertiary/aromatic N) is 1. The second kappa shape index (κ2) is 6.53. The minimum absolute atomic E-state index is 0.211. The maximum Gasteiger partial charge on any atom is 0.234 e. The minimum atomic E-state index is 0.211. The van der Waals surface area contributed by atoms with Gasteiger partial charge in [-0.1, -0.05) is 13.8 Å². The third-order valence-electron chi connectivity index (χ3n) is 4.35. The molecule has 2 rings (SSSR count). The van der Waals surface area contributed by atoms with Crippen molar-refractivity contribution in [1.82, 2.24) is 15.5 Å². The highest BCUT2D eigenvalue weighted by molar-refractivity contribution is 5.78. The molecule has 1 saturated carbocycles. The van der Waals surface area contributed by atoms with E-state index in [1.807, 2.05) is 0 Å². The zero-order valence-electron chi connectivity index (χ0n) is 11.7. The molecule has 0 bridgehead atoms. The van der Waals surface area contributed by atoms with Crippen LogP contribution in [-0.4, -0.2) is 49.6 Å². The van der Waals surface area contributed by atoms with Gasteiger partial charge in [0, 0.05) is 32.2 Å². The Hall–Kier alpha value is -0.610. The van der Waals surface area contributed by atoms with Crippen LogP contribution in [0, 0.1) is 11.8 Å². The predicted octanol–water partition coefficient (Wildman–Crippen LogP) is 0.833. The monoisotopic (exact) mass is 253 g/mol. The third-order valence-corrected chi connectivity index (χ3v) is 4.35. The Morgan fingerprint density at radius 2 is 2.00 bits per heavy atom. The van der Waals surface area contributed by atoms with Gasteiger partial charge in [-0.15, -0.1) is 0 Å². The first-order valence-electron chi connectivity index (χ1n) is 7.37. The Bertz CT molecular complexity index is 276. The Kier molecular flexibility index (Phi) is 5.01. The SMILES string of the molecule is CC1CCC(NC(=O)CN2CCNCC2)C(C)C1. The zero-order chi connectivity index (χ0) is 13.0. The molecule has 1 saturated heterocycles. The number of hydrogen-bond acceptors (Lipinski definition) is 3. The van der Waals surface area contributed by atoms with Gasteiger partial charge >= 0.3 is 0 Å². The summed E-state index contributed by atoms with van der Waals surface area (Å²) in [7, 11) is 0. The minimum Gasteiger partial charge on any atom is -0.352 e. The van der Waals surface area contributed by atoms with Gasteiger partial charge in [0.2, 0.25) is 5.91 Å². The fourth-order valence-electron chi connectivity index (χ4n) is 3.20. The lowest BCUT2D eigenvalue weighted by atomic mass is 9.80. The van der Waals surface area contributed by atoms with Gasteiger partial charge in [-0.25, -0.2) is 0 Å². The molecule has 18 heavy (non-hydrogen) atoms. The summed E-state index contributed by atoms with van der Waals surface area (Å²) >= 11 is 0. The molecule has 1 aliphatic carbocycles. The van der Waals surface area contributed by atoms with Gasteiger partial charge in [-0.05, 0) is 31.1 Å². The average Bonchev–Trinajstić information content (AvgIpc) is 2.34. The van der Waals surface area contributed by atoms with Crippen LogP contribution in [0.25, 0.3) is 0 Å². The van der Waals surface area contributed by atoms with Crippen molar-refractivity contribution in [3.63, 3.8) is 0 Å². The fraction of sp³-hybridized carbons (Fsp3) is 0.929. The molecule has 1 amide bonds. The molecule has 0 aromatic heterocycles. The van der Waals surface area contributed by atoms with Gasteiger partial charge in [0.1, 0.15) is 0 Å². The molecule has 104 valence electrons. The smallest absolute Gasteiger partial charge is 0.234 e. The van der Waals surface area contributed by atoms with Gasteiger partial charge in [-0.2, -0.15) is 0 Å². The van der Waals surface area contributed by atoms with E-state index >= 15 is 0 Å². The van der Waals surface area contributed by atoms with E-state index in [9.17, 15) is 4.79 Å². The zero-order valence-corrected chi connectivity index (χ0v) is 11.7. The first kappa shape index (κ1) is 13.8. The van der Waals surface area contributed by atoms with Crippen LogP contribution in [0.3, 0.4) is 0 Å². The van der Waals surface area contributed by atoms with Gasteiger partial charge in [0.15, 0.2) is 0 Å². The van der Waals surface area contributed by atoms with Crippen molar-refractivity contribution in [3.8, 4) is 0 Å². The standard InChI is InChI=1S/C14H27N3O/c1-11-3-4-13(12(2)9-11)16-14(18)10-17-7-5-15-6-8-17/h11-13,15H,3-10H2,1-2H3,(H,16,18). The molecule has 0 radical (unpaired) electrons. The average molecular weight is 253 g/mol. The lowest BCUT2D eigenvalue weighted by Gasteiger charge is -2.34. The van der Waals surface area contributed by atoms with Crippen LogP contribution >= 0.6 is 0 Å². The number of rotatable bonds is 3. The summed E-state index contributed by atoms with van der Waals surface area (Å²) in [4.78, 5) is 14.3. The Morgan fingerprint density at radius 1 is 1.28 bits per heavy atom. The number of amides is 1. The molecule has 1 aliphatic heterocycles. The highest BCUT2D eigenvalue weighted by Crippen LogP contribution is 2.28. The molecule has 2 aliphatic rings. The molecule has 0 aromatic carbocycles. The summed E-state index contributed by atoms with van der Waals surface area (Å²) in [6.45, 7) is 9.14. The van der Waals surface area contributed by atoms with Crippen LogP contribution in [0.4, 0.5) is 0 Å². The van der Waals surface area contributed by atoms with Crippen LogP contribution in [0.2, 0.25) is 0 Å². The number of hydrogen-bond donors (Lipinski definition) is 2. The quantitative estimate of drug-likeness (QED) is 0.783. The second-order valence-corrected chi connectivity index (χ2v) is 6.10. The lowest BCUT2D eigenvalue weighted by Crippen LogP contribution is -2.50. The van der Waals surface area contributed by atoms with E-state index < -0.39 is 0 Å². The largest absolute Gasteiger partial charge is 0.352 e. The van der Waals surface area contributed by atoms with Crippen LogP contribution in [0.5, 0.6) is 0 Å². The summed E-state index contributed by atoms with van der Waals surface area (Å²) in [5.74, 6) is 1.66. The molecule has 1 heterocycles. The molecule has 2 fully saturated rings. The molecule has 2 N–H and O–H groups in total. The van der Waals surface area contributed by atoms with E-state index in [2.05, 4.69) is 29.4 Å². The maximum atomic E-state index is 12.0. The van der Waals surface area contributed by atoms with Crippen molar-refractivity contribution < 1.29 is 4.79 Å². The van der Waals surface area contributed by atoms with Gasteiger partial charge in [0.25, 0.3) is 0 Å². The fourth-order valence-corrected chi connectivity index (χ4v) is 3.20. The van der Waals surface area contributed by atoms with Crippen LogP contribution in [0.15, 0.2) is 0 Å². The predicted molar refractivity (Wildman–Crippen MR) is 73.4 cm³/mol. The summed E-state index contributed by atoms with van der Waals surface area (Å²) in [6, 6.07) is 0.400. The summed E-state index contributed by atoms with van der Waals surface area (Å²) in [5, 5.41) is 6.54. The molecule has 0 aromatic rings. The Labute approximate surface area is 110 Å². The number of nitrogens with one attached hydrogen (secondary N) is 2. The number of carbonyl (C=O) groups excluding carboxylic acids is 1. The van der Waals surface area contributed by atoms with Crippen molar-refractivity contribution in [2.45, 2.75) is 39.2 Å². The van der Waals surface area contributed by atoms with E-state index in [-0.39, 0.29) is 5.91 Å². The topological polar surface area (TPSA) is 44.4 Å². The van der Waals surface area contributed by atoms with E-state index in [4.69, 9.17) is 0 Å². The summed E-state index contributed by atoms with van der Waals surface area (Å²) in [5.41, 5.74) is 0. The lowest BCUT2D eigenvalue weighted by molar-refractivity contribution is -0.123. The van der Waals surface area contributed by atoms with Crippen LogP contribution in [0.1, 0.15) is 33.1 Å². The molecule has 4 heteroatoms. The Morgan fingerprint density at radius 3 is 2.67 bits per heavy atom. The summed E-state index contributed by atoms with van der Waals surface area (Å²) < 4.78 is 0. The van der Waals surface area contributed by atoms with E-state index in [1.54, 1.807) is 0 Å². The molecule has 0 spiro atoms. The normalized spacial score (nSPS) is 34.2. The van der Waals surface area contributed by atoms with Gasteiger partial charge in [-0.3, -0.25) is 9.69 Å². The maximum absolute atomic E-state index is 12.0. The molecule has 3 unspecified atom stereocenters. The first-order chi connectivity index (χ1) is 8.65. The van der Waals surface area contributed by atoms with Crippen molar-refractivity contribution in [2.24, 2.45) is 11.8 Å². The highest BCUT2D eigenvalue weighted by atomic mass is 16.2. The van der Waals surface area contributed by atoms with Crippen molar-refractivity contribution in [1.29, 1.82) is 0 Å². The van der Waals surface area contributed by atoms with E-state index in [0.29, 0.717) is 18.5 Å². The molecule has 4 nitrogen and oxygen atoms in total. The summed E-state index contributed by atoms with van der Waals surface area (Å²) in [6.07, 6.45) is 3.65. The highest BCUT2D eigenvalue weighted by Gasteiger charge is 2.26. The molecular weight excluding hydrogens is 226 g/mol. The first-order valence-corrected chi connectivity index (χ1v) is 7.37. The van der Waals surface area contributed by atoms with Gasteiger partial charge < -0.3 is 10.6 Å². The van der Waals surface area contributed by atoms with Crippen molar-refractivity contribution >= 4 is 5.91 Å².